The molecule has 0 bridgehead atoms. The summed E-state index contributed by atoms with van der Waals surface area (Å²) in [5.74, 6) is -2.02. The SMILES string of the molecule is C=CC(=O)N1[C@H](C)CN(c2nc(=O)n3c4c(c(-c5c(F)cc(F)c6sc(N)nc56)c(C(F)(F)F)cc24)SCC2(CC2)C3)C[C@@H]1C. The summed E-state index contributed by atoms with van der Waals surface area (Å²) in [5.41, 5.74) is 2.61. The van der Waals surface area contributed by atoms with Crippen LogP contribution in [-0.4, -0.2) is 56.3 Å². The van der Waals surface area contributed by atoms with E-state index in [-0.39, 0.29) is 80.0 Å². The van der Waals surface area contributed by atoms with Gasteiger partial charge in [0.25, 0.3) is 0 Å². The highest BCUT2D eigenvalue weighted by atomic mass is 32.2. The van der Waals surface area contributed by atoms with Crippen LogP contribution in [0.25, 0.3) is 32.2 Å². The zero-order valence-electron chi connectivity index (χ0n) is 24.2. The number of nitrogens with zero attached hydrogens (tertiary/aromatic N) is 5. The predicted octanol–water partition coefficient (Wildman–Crippen LogP) is 6.05. The first-order valence-electron chi connectivity index (χ1n) is 14.3. The van der Waals surface area contributed by atoms with E-state index in [0.717, 1.165) is 30.7 Å². The number of hydrogen-bond donors (Lipinski definition) is 1. The number of thioether (sulfide) groups is 1. The molecule has 8 nitrogen and oxygen atoms in total. The number of hydrogen-bond acceptors (Lipinski definition) is 8. The van der Waals surface area contributed by atoms with E-state index in [0.29, 0.717) is 23.2 Å². The molecule has 236 valence electrons. The number of aromatic nitrogens is 3. The molecule has 2 aromatic carbocycles. The molecule has 2 aromatic heterocycles. The van der Waals surface area contributed by atoms with E-state index in [1.165, 1.54) is 10.6 Å². The highest BCUT2D eigenvalue weighted by molar-refractivity contribution is 7.99. The molecule has 7 rings (SSSR count). The van der Waals surface area contributed by atoms with Crippen molar-refractivity contribution >= 4 is 61.1 Å². The van der Waals surface area contributed by atoms with Crippen LogP contribution in [0, 0.1) is 17.0 Å². The number of benzene rings is 2. The van der Waals surface area contributed by atoms with Crippen molar-refractivity contribution in [3.05, 3.63) is 52.5 Å². The maximum absolute atomic E-state index is 15.8. The molecule has 0 radical (unpaired) electrons. The summed E-state index contributed by atoms with van der Waals surface area (Å²) >= 11 is 1.85. The van der Waals surface area contributed by atoms with Gasteiger partial charge in [-0.2, -0.15) is 18.2 Å². The number of halogens is 5. The van der Waals surface area contributed by atoms with E-state index in [9.17, 15) is 14.0 Å². The second kappa shape index (κ2) is 10.1. The van der Waals surface area contributed by atoms with Gasteiger partial charge in [0.15, 0.2) is 5.13 Å². The van der Waals surface area contributed by atoms with Crippen LogP contribution in [0.2, 0.25) is 0 Å². The van der Waals surface area contributed by atoms with Crippen molar-refractivity contribution in [1.29, 1.82) is 0 Å². The summed E-state index contributed by atoms with van der Waals surface area (Å²) in [6, 6.07) is 0.735. The Kier molecular flexibility index (Phi) is 6.75. The van der Waals surface area contributed by atoms with E-state index in [1.54, 1.807) is 23.6 Å². The molecule has 2 atom stereocenters. The lowest BCUT2D eigenvalue weighted by molar-refractivity contribution is -0.137. The first-order valence-corrected chi connectivity index (χ1v) is 16.1. The topological polar surface area (TPSA) is 97.4 Å². The van der Waals surface area contributed by atoms with Gasteiger partial charge in [-0.05, 0) is 44.2 Å². The average molecular weight is 663 g/mol. The monoisotopic (exact) mass is 662 g/mol. The van der Waals surface area contributed by atoms with Gasteiger partial charge < -0.3 is 15.5 Å². The van der Waals surface area contributed by atoms with Crippen LogP contribution in [0.4, 0.5) is 32.9 Å². The smallest absolute Gasteiger partial charge is 0.375 e. The van der Waals surface area contributed by atoms with Crippen LogP contribution in [0.3, 0.4) is 0 Å². The zero-order valence-corrected chi connectivity index (χ0v) is 25.8. The van der Waals surface area contributed by atoms with Gasteiger partial charge in [0, 0.05) is 64.9 Å². The third kappa shape index (κ3) is 4.68. The van der Waals surface area contributed by atoms with Gasteiger partial charge >= 0.3 is 11.9 Å². The maximum atomic E-state index is 15.8. The standard InChI is InChI=1S/C30H27F5N6O2S2/c1-4-19(42)41-13(2)9-39(10-14(41)3)26-15-7-16(30(33,34)35)20(21-17(31)8-18(32)24-22(21)37-27(36)45-24)25-23(15)40(28(43)38-26)11-29(5-6-29)12-44-25/h4,7-8,13-14H,1,5-6,9-12H2,2-3H3,(H2,36,37)/t13-,14+. The molecule has 2 N–H and O–H groups in total. The van der Waals surface area contributed by atoms with E-state index in [1.807, 2.05) is 0 Å². The number of carbonyl (C=O) groups is 1. The molecular weight excluding hydrogens is 635 g/mol. The lowest BCUT2D eigenvalue weighted by atomic mass is 9.94. The largest absolute Gasteiger partial charge is 0.417 e. The normalized spacial score (nSPS) is 21.0. The summed E-state index contributed by atoms with van der Waals surface area (Å²) in [7, 11) is 0. The van der Waals surface area contributed by atoms with Crippen LogP contribution in [-0.2, 0) is 17.5 Å². The number of piperazine rings is 1. The van der Waals surface area contributed by atoms with Crippen LogP contribution in [0.15, 0.2) is 34.5 Å². The molecular formula is C30H27F5N6O2S2. The zero-order chi connectivity index (χ0) is 32.2. The molecule has 1 saturated carbocycles. The van der Waals surface area contributed by atoms with Crippen molar-refractivity contribution in [2.24, 2.45) is 5.41 Å². The lowest BCUT2D eigenvalue weighted by Crippen LogP contribution is -2.58. The predicted molar refractivity (Wildman–Crippen MR) is 165 cm³/mol. The van der Waals surface area contributed by atoms with Crippen molar-refractivity contribution in [2.45, 2.75) is 56.4 Å². The van der Waals surface area contributed by atoms with Crippen molar-refractivity contribution in [3.63, 3.8) is 0 Å². The fourth-order valence-corrected chi connectivity index (χ4v) is 9.07. The average Bonchev–Trinajstić information content (AvgIpc) is 3.66. The van der Waals surface area contributed by atoms with Crippen molar-refractivity contribution in [3.8, 4) is 11.1 Å². The molecule has 15 heteroatoms. The Hall–Kier alpha value is -3.72. The molecule has 4 aromatic rings. The number of rotatable bonds is 3. The Morgan fingerprint density at radius 3 is 2.42 bits per heavy atom. The minimum absolute atomic E-state index is 0.0592. The van der Waals surface area contributed by atoms with Crippen molar-refractivity contribution < 1.29 is 26.7 Å². The number of amides is 1. The van der Waals surface area contributed by atoms with Gasteiger partial charge in [-0.1, -0.05) is 17.9 Å². The summed E-state index contributed by atoms with van der Waals surface area (Å²) in [4.78, 5) is 38.2. The minimum atomic E-state index is -4.98. The summed E-state index contributed by atoms with van der Waals surface area (Å²) in [6.45, 7) is 7.84. The van der Waals surface area contributed by atoms with Crippen LogP contribution in [0.1, 0.15) is 32.3 Å². The summed E-state index contributed by atoms with van der Waals surface area (Å²) in [6.07, 6.45) is -2.22. The highest BCUT2D eigenvalue weighted by Crippen LogP contribution is 2.57. The van der Waals surface area contributed by atoms with Crippen molar-refractivity contribution in [2.75, 3.05) is 29.5 Å². The molecule has 4 heterocycles. The Morgan fingerprint density at radius 1 is 1.11 bits per heavy atom. The Bertz CT molecular complexity index is 1990. The summed E-state index contributed by atoms with van der Waals surface area (Å²) in [5, 5.41) is -0.0356. The Labute approximate surface area is 261 Å². The maximum Gasteiger partial charge on any atom is 0.417 e. The van der Waals surface area contributed by atoms with Crippen molar-refractivity contribution in [1.82, 2.24) is 19.4 Å². The third-order valence-electron chi connectivity index (χ3n) is 8.96. The van der Waals surface area contributed by atoms with Gasteiger partial charge in [0.1, 0.15) is 17.5 Å². The number of fused-ring (bicyclic) bond motifs is 1. The van der Waals surface area contributed by atoms with Gasteiger partial charge in [-0.3, -0.25) is 9.36 Å². The molecule has 1 aliphatic carbocycles. The lowest BCUT2D eigenvalue weighted by Gasteiger charge is -2.44. The molecule has 3 aliphatic rings. The minimum Gasteiger partial charge on any atom is -0.375 e. The second-order valence-corrected chi connectivity index (χ2v) is 14.1. The Morgan fingerprint density at radius 2 is 1.80 bits per heavy atom. The number of nitrogens with two attached hydrogens (primary N) is 1. The van der Waals surface area contributed by atoms with Gasteiger partial charge in [-0.15, -0.1) is 11.8 Å². The number of nitrogen functional groups attached to an aromatic ring is 1. The molecule has 2 aliphatic heterocycles. The fourth-order valence-electron chi connectivity index (χ4n) is 6.78. The number of carbonyl (C=O) groups excluding carboxylic acids is 1. The molecule has 2 fully saturated rings. The summed E-state index contributed by atoms with van der Waals surface area (Å²) < 4.78 is 77.2. The first kappa shape index (κ1) is 30.0. The van der Waals surface area contributed by atoms with E-state index in [4.69, 9.17) is 5.73 Å². The third-order valence-corrected chi connectivity index (χ3v) is 11.3. The second-order valence-electron chi connectivity index (χ2n) is 12.1. The van der Waals surface area contributed by atoms with E-state index >= 15 is 17.6 Å². The van der Waals surface area contributed by atoms with Gasteiger partial charge in [0.2, 0.25) is 5.91 Å². The molecule has 1 amide bonds. The number of anilines is 2. The molecule has 1 spiro atoms. The van der Waals surface area contributed by atoms with Gasteiger partial charge in [0.05, 0.1) is 21.3 Å². The van der Waals surface area contributed by atoms with Crippen LogP contribution >= 0.6 is 23.1 Å². The van der Waals surface area contributed by atoms with Gasteiger partial charge in [-0.25, -0.2) is 18.6 Å². The number of alkyl halides is 3. The molecule has 1 saturated heterocycles. The van der Waals surface area contributed by atoms with E-state index in [2.05, 4.69) is 16.5 Å². The first-order chi connectivity index (χ1) is 21.2. The fraction of sp³-hybridized carbons (Fsp3) is 0.400. The van der Waals surface area contributed by atoms with Crippen LogP contribution < -0.4 is 16.3 Å². The number of thiazole rings is 1. The molecule has 45 heavy (non-hydrogen) atoms. The van der Waals surface area contributed by atoms with E-state index < -0.39 is 40.2 Å². The quantitative estimate of drug-likeness (QED) is 0.211. The highest BCUT2D eigenvalue weighted by Gasteiger charge is 2.47. The molecule has 0 unspecified atom stereocenters. The van der Waals surface area contributed by atoms with Crippen LogP contribution in [0.5, 0.6) is 0 Å². The Balaban J connectivity index is 1.56.